The van der Waals surface area contributed by atoms with Gasteiger partial charge in [-0.1, -0.05) is 39.7 Å². The van der Waals surface area contributed by atoms with E-state index in [2.05, 4.69) is 50.1 Å². The standard InChI is InChI=1S/C12H24N4O/c1-9(2)13-7-10-14-15-11(17-10)16(6)8-12(3,4)5/h9,13H,7-8H2,1-6H3. The molecule has 0 unspecified atom stereocenters. The summed E-state index contributed by atoms with van der Waals surface area (Å²) in [6.45, 7) is 12.2. The summed E-state index contributed by atoms with van der Waals surface area (Å²) in [5.41, 5.74) is 0.208. The fraction of sp³-hybridized carbons (Fsp3) is 0.833. The number of anilines is 1. The van der Waals surface area contributed by atoms with Crippen LogP contribution in [-0.2, 0) is 6.54 Å². The Balaban J connectivity index is 2.55. The van der Waals surface area contributed by atoms with Gasteiger partial charge in [-0.15, -0.1) is 5.10 Å². The first-order chi connectivity index (χ1) is 7.78. The van der Waals surface area contributed by atoms with E-state index >= 15 is 0 Å². The van der Waals surface area contributed by atoms with Gasteiger partial charge in [0.1, 0.15) is 0 Å². The van der Waals surface area contributed by atoms with Crippen LogP contribution in [-0.4, -0.2) is 29.8 Å². The van der Waals surface area contributed by atoms with E-state index in [1.165, 1.54) is 0 Å². The second-order valence-corrected chi connectivity index (χ2v) is 5.93. The maximum Gasteiger partial charge on any atom is 0.317 e. The summed E-state index contributed by atoms with van der Waals surface area (Å²) >= 11 is 0. The molecule has 1 N–H and O–H groups in total. The van der Waals surface area contributed by atoms with Crippen molar-refractivity contribution in [3.05, 3.63) is 5.89 Å². The summed E-state index contributed by atoms with van der Waals surface area (Å²) in [6, 6.07) is 0.998. The molecule has 1 rings (SSSR count). The molecule has 0 fully saturated rings. The van der Waals surface area contributed by atoms with Crippen molar-refractivity contribution in [2.45, 2.75) is 47.2 Å². The van der Waals surface area contributed by atoms with Crippen LogP contribution in [0.2, 0.25) is 0 Å². The van der Waals surface area contributed by atoms with E-state index in [0.717, 1.165) is 6.54 Å². The number of nitrogens with zero attached hydrogens (tertiary/aromatic N) is 3. The van der Waals surface area contributed by atoms with Crippen LogP contribution in [0.3, 0.4) is 0 Å². The molecule has 0 aliphatic carbocycles. The molecule has 0 spiro atoms. The fourth-order valence-electron chi connectivity index (χ4n) is 1.54. The van der Waals surface area contributed by atoms with Crippen LogP contribution in [0.15, 0.2) is 4.42 Å². The van der Waals surface area contributed by atoms with E-state index in [0.29, 0.717) is 24.5 Å². The van der Waals surface area contributed by atoms with Crippen molar-refractivity contribution >= 4 is 6.01 Å². The van der Waals surface area contributed by atoms with Crippen LogP contribution < -0.4 is 10.2 Å². The van der Waals surface area contributed by atoms with Crippen LogP contribution in [0.1, 0.15) is 40.5 Å². The van der Waals surface area contributed by atoms with Gasteiger partial charge in [0.15, 0.2) is 0 Å². The van der Waals surface area contributed by atoms with Crippen LogP contribution in [0.25, 0.3) is 0 Å². The lowest BCUT2D eigenvalue weighted by atomic mass is 9.96. The molecule has 0 aliphatic rings. The molecule has 1 heterocycles. The van der Waals surface area contributed by atoms with Gasteiger partial charge in [-0.25, -0.2) is 0 Å². The van der Waals surface area contributed by atoms with Crippen LogP contribution >= 0.6 is 0 Å². The molecule has 0 atom stereocenters. The smallest absolute Gasteiger partial charge is 0.317 e. The van der Waals surface area contributed by atoms with Gasteiger partial charge in [-0.3, -0.25) is 0 Å². The van der Waals surface area contributed by atoms with Gasteiger partial charge in [0, 0.05) is 19.6 Å². The first kappa shape index (κ1) is 14.0. The highest BCUT2D eigenvalue weighted by Crippen LogP contribution is 2.18. The third-order valence-electron chi connectivity index (χ3n) is 2.16. The van der Waals surface area contributed by atoms with Crippen molar-refractivity contribution in [2.75, 3.05) is 18.5 Å². The van der Waals surface area contributed by atoms with Gasteiger partial charge in [-0.2, -0.15) is 0 Å². The third-order valence-corrected chi connectivity index (χ3v) is 2.16. The number of nitrogens with one attached hydrogen (secondary N) is 1. The number of aromatic nitrogens is 2. The fourth-order valence-corrected chi connectivity index (χ4v) is 1.54. The minimum absolute atomic E-state index is 0.208. The molecule has 0 saturated carbocycles. The van der Waals surface area contributed by atoms with Crippen molar-refractivity contribution in [1.29, 1.82) is 0 Å². The van der Waals surface area contributed by atoms with E-state index in [1.54, 1.807) is 0 Å². The Morgan fingerprint density at radius 3 is 2.47 bits per heavy atom. The van der Waals surface area contributed by atoms with Gasteiger partial charge in [0.05, 0.1) is 6.54 Å². The molecule has 98 valence electrons. The van der Waals surface area contributed by atoms with Gasteiger partial charge in [0.25, 0.3) is 0 Å². The highest BCUT2D eigenvalue weighted by atomic mass is 16.4. The summed E-state index contributed by atoms with van der Waals surface area (Å²) in [6.07, 6.45) is 0. The topological polar surface area (TPSA) is 54.2 Å². The summed E-state index contributed by atoms with van der Waals surface area (Å²) in [5.74, 6) is 0.634. The van der Waals surface area contributed by atoms with E-state index < -0.39 is 0 Å². The Hall–Kier alpha value is -1.10. The van der Waals surface area contributed by atoms with E-state index in [4.69, 9.17) is 4.42 Å². The zero-order valence-corrected chi connectivity index (χ0v) is 11.7. The molecular formula is C12H24N4O. The minimum atomic E-state index is 0.208. The summed E-state index contributed by atoms with van der Waals surface area (Å²) in [7, 11) is 1.97. The molecular weight excluding hydrogens is 216 g/mol. The minimum Gasteiger partial charge on any atom is -0.407 e. The summed E-state index contributed by atoms with van der Waals surface area (Å²) in [4.78, 5) is 1.99. The second kappa shape index (κ2) is 5.49. The van der Waals surface area contributed by atoms with Gasteiger partial charge in [-0.05, 0) is 5.41 Å². The predicted molar refractivity (Wildman–Crippen MR) is 69.0 cm³/mol. The van der Waals surface area contributed by atoms with Crippen LogP contribution in [0.5, 0.6) is 0 Å². The third kappa shape index (κ3) is 5.17. The molecule has 0 aromatic carbocycles. The quantitative estimate of drug-likeness (QED) is 0.853. The van der Waals surface area contributed by atoms with Crippen molar-refractivity contribution in [1.82, 2.24) is 15.5 Å². The Bertz CT molecular complexity index is 341. The Morgan fingerprint density at radius 1 is 1.29 bits per heavy atom. The molecule has 0 aliphatic heterocycles. The number of rotatable bonds is 5. The molecule has 5 heteroatoms. The number of hydrogen-bond donors (Lipinski definition) is 1. The lowest BCUT2D eigenvalue weighted by molar-refractivity contribution is 0.394. The van der Waals surface area contributed by atoms with Crippen LogP contribution in [0.4, 0.5) is 6.01 Å². The second-order valence-electron chi connectivity index (χ2n) is 5.93. The van der Waals surface area contributed by atoms with E-state index in [-0.39, 0.29) is 5.41 Å². The Morgan fingerprint density at radius 2 is 1.94 bits per heavy atom. The highest BCUT2D eigenvalue weighted by Gasteiger charge is 2.17. The van der Waals surface area contributed by atoms with Crippen molar-refractivity contribution in [3.8, 4) is 0 Å². The average Bonchev–Trinajstić information content (AvgIpc) is 2.60. The van der Waals surface area contributed by atoms with Crippen molar-refractivity contribution < 1.29 is 4.42 Å². The molecule has 1 aromatic rings. The summed E-state index contributed by atoms with van der Waals surface area (Å²) < 4.78 is 5.58. The lowest BCUT2D eigenvalue weighted by Crippen LogP contribution is -2.29. The lowest BCUT2D eigenvalue weighted by Gasteiger charge is -2.24. The van der Waals surface area contributed by atoms with Crippen molar-refractivity contribution in [3.63, 3.8) is 0 Å². The highest BCUT2D eigenvalue weighted by molar-refractivity contribution is 5.22. The molecule has 0 amide bonds. The van der Waals surface area contributed by atoms with Gasteiger partial charge in [0.2, 0.25) is 5.89 Å². The van der Waals surface area contributed by atoms with Crippen LogP contribution in [0, 0.1) is 5.41 Å². The SMILES string of the molecule is CC(C)NCc1nnc(N(C)CC(C)(C)C)o1. The normalized spacial score (nSPS) is 12.2. The maximum absolute atomic E-state index is 5.58. The molecule has 0 radical (unpaired) electrons. The predicted octanol–water partition coefficient (Wildman–Crippen LogP) is 2.05. The zero-order chi connectivity index (χ0) is 13.1. The largest absolute Gasteiger partial charge is 0.407 e. The summed E-state index contributed by atoms with van der Waals surface area (Å²) in [5, 5.41) is 11.3. The van der Waals surface area contributed by atoms with Gasteiger partial charge < -0.3 is 14.6 Å². The van der Waals surface area contributed by atoms with E-state index in [1.807, 2.05) is 11.9 Å². The maximum atomic E-state index is 5.58. The van der Waals surface area contributed by atoms with Crippen molar-refractivity contribution in [2.24, 2.45) is 5.41 Å². The molecule has 0 bridgehead atoms. The zero-order valence-electron chi connectivity index (χ0n) is 11.7. The Labute approximate surface area is 104 Å². The molecule has 5 nitrogen and oxygen atoms in total. The average molecular weight is 240 g/mol. The molecule has 17 heavy (non-hydrogen) atoms. The van der Waals surface area contributed by atoms with Gasteiger partial charge >= 0.3 is 6.01 Å². The first-order valence-corrected chi connectivity index (χ1v) is 6.05. The first-order valence-electron chi connectivity index (χ1n) is 6.05. The molecule has 0 saturated heterocycles. The number of hydrogen-bond acceptors (Lipinski definition) is 5. The van der Waals surface area contributed by atoms with E-state index in [9.17, 15) is 0 Å². The monoisotopic (exact) mass is 240 g/mol. The molecule has 1 aromatic heterocycles. The Kier molecular flexibility index (Phi) is 4.51.